The van der Waals surface area contributed by atoms with Crippen molar-refractivity contribution in [3.05, 3.63) is 53.6 Å². The summed E-state index contributed by atoms with van der Waals surface area (Å²) in [7, 11) is -4.82. The first-order chi connectivity index (χ1) is 30.3. The van der Waals surface area contributed by atoms with Crippen molar-refractivity contribution in [2.45, 2.75) is 263 Å². The van der Waals surface area contributed by atoms with Gasteiger partial charge in [0, 0.05) is 0 Å². The van der Waals surface area contributed by atoms with E-state index in [-0.39, 0.29) is 75.7 Å². The number of rotatable bonds is 45. The molecule has 1 aromatic carbocycles. The van der Waals surface area contributed by atoms with E-state index in [1.807, 2.05) is 0 Å². The van der Waals surface area contributed by atoms with Crippen LogP contribution in [0.5, 0.6) is 0 Å². The zero-order valence-corrected chi connectivity index (χ0v) is 45.0. The Morgan fingerprint density at radius 3 is 1.00 bits per heavy atom. The van der Waals surface area contributed by atoms with Crippen LogP contribution < -0.4 is 51.4 Å². The molecular weight excluding hydrogens is 832 g/mol. The quantitative estimate of drug-likeness (QED) is 0.0211. The van der Waals surface area contributed by atoms with Gasteiger partial charge < -0.3 is 14.0 Å². The van der Waals surface area contributed by atoms with E-state index in [0.717, 1.165) is 44.2 Å². The summed E-state index contributed by atoms with van der Waals surface area (Å²) in [5.41, 5.74) is -0.330. The molecule has 1 aromatic rings. The first-order valence-electron chi connectivity index (χ1n) is 26.0. The van der Waals surface area contributed by atoms with Crippen molar-refractivity contribution >= 4 is 22.1 Å². The maximum Gasteiger partial charge on any atom is 1.00 e. The summed E-state index contributed by atoms with van der Waals surface area (Å²) in [5.74, 6) is -1.54. The summed E-state index contributed by atoms with van der Waals surface area (Å²) in [6.07, 6.45) is 56.5. The van der Waals surface area contributed by atoms with Gasteiger partial charge in [0.05, 0.1) is 29.2 Å². The van der Waals surface area contributed by atoms with Gasteiger partial charge >= 0.3 is 63.3 Å². The number of ether oxygens (including phenoxy) is 2. The van der Waals surface area contributed by atoms with Crippen molar-refractivity contribution in [1.82, 2.24) is 0 Å². The van der Waals surface area contributed by atoms with E-state index in [0.29, 0.717) is 12.8 Å². The summed E-state index contributed by atoms with van der Waals surface area (Å²) >= 11 is 0. The molecule has 0 bridgehead atoms. The second-order valence-corrected chi connectivity index (χ2v) is 19.2. The van der Waals surface area contributed by atoms with Gasteiger partial charge in [-0.2, -0.15) is 0 Å². The van der Waals surface area contributed by atoms with Crippen LogP contribution in [0.25, 0.3) is 0 Å². The molecule has 0 spiro atoms. The van der Waals surface area contributed by atoms with Gasteiger partial charge in [-0.15, -0.1) is 0 Å². The van der Waals surface area contributed by atoms with Gasteiger partial charge in [0.2, 0.25) is 0 Å². The van der Waals surface area contributed by atoms with E-state index in [1.165, 1.54) is 205 Å². The van der Waals surface area contributed by atoms with Gasteiger partial charge in [-0.25, -0.2) is 18.0 Å². The molecule has 0 aliphatic heterocycles. The fourth-order valence-electron chi connectivity index (χ4n) is 7.98. The van der Waals surface area contributed by atoms with Crippen LogP contribution >= 0.6 is 0 Å². The summed E-state index contributed by atoms with van der Waals surface area (Å²) in [4.78, 5) is 25.4. The minimum Gasteiger partial charge on any atom is -0.744 e. The second kappa shape index (κ2) is 46.3. The molecule has 0 aliphatic carbocycles. The zero-order valence-electron chi connectivity index (χ0n) is 41.1. The number of benzene rings is 1. The molecule has 0 unspecified atom stereocenters. The number of allylic oxidation sites excluding steroid dienone is 4. The minimum atomic E-state index is -4.82. The Morgan fingerprint density at radius 1 is 0.429 bits per heavy atom. The molecule has 0 radical (unpaired) electrons. The first-order valence-corrected chi connectivity index (χ1v) is 27.5. The summed E-state index contributed by atoms with van der Waals surface area (Å²) in [5, 5.41) is 0. The third kappa shape index (κ3) is 38.9. The summed E-state index contributed by atoms with van der Waals surface area (Å²) in [6.45, 7) is 4.88. The smallest absolute Gasteiger partial charge is 0.744 e. The van der Waals surface area contributed by atoms with Crippen molar-refractivity contribution in [1.29, 1.82) is 0 Å². The van der Waals surface area contributed by atoms with Crippen LogP contribution in [-0.2, 0) is 19.6 Å². The largest absolute Gasteiger partial charge is 1.00 e. The van der Waals surface area contributed by atoms with Gasteiger partial charge in [-0.3, -0.25) is 0 Å². The average Bonchev–Trinajstić information content (AvgIpc) is 3.26. The third-order valence-electron chi connectivity index (χ3n) is 12.0. The van der Waals surface area contributed by atoms with Crippen molar-refractivity contribution in [3.63, 3.8) is 0 Å². The van der Waals surface area contributed by atoms with Crippen molar-refractivity contribution in [2.75, 3.05) is 13.2 Å². The van der Waals surface area contributed by atoms with Gasteiger partial charge in [0.15, 0.2) is 0 Å². The minimum absolute atomic E-state index is 0. The van der Waals surface area contributed by atoms with Crippen LogP contribution in [0.15, 0.2) is 47.4 Å². The second-order valence-electron chi connectivity index (χ2n) is 17.8. The Kier molecular flexibility index (Phi) is 45.7. The maximum atomic E-state index is 13.0. The number of hydrogen-bond acceptors (Lipinski definition) is 7. The third-order valence-corrected chi connectivity index (χ3v) is 12.8. The topological polar surface area (TPSA) is 110 Å². The van der Waals surface area contributed by atoms with E-state index in [2.05, 4.69) is 38.2 Å². The molecule has 0 amide bonds. The zero-order chi connectivity index (χ0) is 45.0. The van der Waals surface area contributed by atoms with E-state index >= 15 is 0 Å². The summed E-state index contributed by atoms with van der Waals surface area (Å²) < 4.78 is 46.0. The maximum absolute atomic E-state index is 13.0. The van der Waals surface area contributed by atoms with Crippen LogP contribution in [0.4, 0.5) is 0 Å². The predicted octanol–water partition coefficient (Wildman–Crippen LogP) is 13.9. The fourth-order valence-corrected chi connectivity index (χ4v) is 8.47. The van der Waals surface area contributed by atoms with Crippen molar-refractivity contribution in [3.8, 4) is 0 Å². The van der Waals surface area contributed by atoms with E-state index in [1.54, 1.807) is 0 Å². The first kappa shape index (κ1) is 62.2. The fraction of sp³-hybridized carbons (Fsp3) is 0.778. The molecule has 358 valence electrons. The number of carbonyl (C=O) groups is 2. The monoisotopic (exact) mass is 925 g/mol. The predicted molar refractivity (Wildman–Crippen MR) is 260 cm³/mol. The molecule has 0 saturated heterocycles. The molecule has 0 saturated carbocycles. The van der Waals surface area contributed by atoms with Crippen LogP contribution in [0.2, 0.25) is 0 Å². The van der Waals surface area contributed by atoms with Gasteiger partial charge in [-0.1, -0.05) is 218 Å². The Balaban J connectivity index is 0.0000384. The van der Waals surface area contributed by atoms with Gasteiger partial charge in [0.1, 0.15) is 10.1 Å². The molecule has 0 atom stereocenters. The number of esters is 2. The molecule has 7 nitrogen and oxygen atoms in total. The standard InChI is InChI=1S/C54H94O7S.K/c1-3-5-7-9-11-13-15-17-19-21-23-25-27-29-31-33-35-37-39-41-43-47-60-53(55)51-46-45-50(62(57,58)59)49-52(51)54(56)61-48-44-42-40-38-36-34-32-30-28-26-24-22-20-18-16-14-12-10-8-6-4-2;/h11-14,45-46,49H,3-10,15-44,47-48H2,1-2H3,(H,57,58,59);/q;+1/p-1/b13-11+,14-12+;. The number of carbonyl (C=O) groups excluding carboxylic acids is 2. The summed E-state index contributed by atoms with van der Waals surface area (Å²) in [6, 6.07) is 3.16. The molecule has 0 aromatic heterocycles. The Labute approximate surface area is 431 Å². The molecular formula is C54H93KO7S. The molecule has 0 N–H and O–H groups in total. The van der Waals surface area contributed by atoms with E-state index in [9.17, 15) is 22.6 Å². The average molecular weight is 925 g/mol. The Morgan fingerprint density at radius 2 is 0.698 bits per heavy atom. The number of hydrogen-bond donors (Lipinski definition) is 0. The SMILES string of the molecule is CCCCC/C=C/CCCCCCCCCCCCCCCCOC(=O)c1ccc(S(=O)(=O)[O-])cc1C(=O)OCCCCCCCCCCCCCCCC/C=C/CCCCC.[K+]. The van der Waals surface area contributed by atoms with Gasteiger partial charge in [-0.05, 0) is 82.4 Å². The molecule has 0 aliphatic rings. The van der Waals surface area contributed by atoms with E-state index < -0.39 is 27.0 Å². The Hall–Kier alpha value is -0.814. The van der Waals surface area contributed by atoms with Gasteiger partial charge in [0.25, 0.3) is 0 Å². The van der Waals surface area contributed by atoms with Crippen LogP contribution in [0, 0.1) is 0 Å². The van der Waals surface area contributed by atoms with Crippen LogP contribution in [-0.4, -0.2) is 38.1 Å². The van der Waals surface area contributed by atoms with Crippen molar-refractivity contribution < 1.29 is 83.4 Å². The van der Waals surface area contributed by atoms with E-state index in [4.69, 9.17) is 9.47 Å². The van der Waals surface area contributed by atoms with Crippen LogP contribution in [0.3, 0.4) is 0 Å². The van der Waals surface area contributed by atoms with Crippen molar-refractivity contribution in [2.24, 2.45) is 0 Å². The Bertz CT molecular complexity index is 1380. The van der Waals surface area contributed by atoms with Crippen LogP contribution in [0.1, 0.15) is 279 Å². The molecule has 0 fully saturated rings. The molecule has 63 heavy (non-hydrogen) atoms. The molecule has 0 heterocycles. The molecule has 9 heteroatoms. The number of unbranched alkanes of at least 4 members (excludes halogenated alkanes) is 34. The normalized spacial score (nSPS) is 11.7. The molecule has 1 rings (SSSR count).